The van der Waals surface area contributed by atoms with E-state index < -0.39 is 14.5 Å². The van der Waals surface area contributed by atoms with Crippen molar-refractivity contribution >= 4 is 21.4 Å². The zero-order valence-corrected chi connectivity index (χ0v) is 11.8. The van der Waals surface area contributed by atoms with E-state index in [0.717, 1.165) is 38.5 Å². The zero-order valence-electron chi connectivity index (χ0n) is 10.2. The highest BCUT2D eigenvalue weighted by molar-refractivity contribution is 7.93. The summed E-state index contributed by atoms with van der Waals surface area (Å²) in [4.78, 5) is 0. The van der Waals surface area contributed by atoms with Gasteiger partial charge in [0, 0.05) is 5.41 Å². The van der Waals surface area contributed by atoms with Crippen LogP contribution in [-0.2, 0) is 9.84 Å². The minimum absolute atomic E-state index is 0.0456. The van der Waals surface area contributed by atoms with Crippen molar-refractivity contribution in [2.24, 2.45) is 10.8 Å². The van der Waals surface area contributed by atoms with Gasteiger partial charge in [0.05, 0.1) is 5.75 Å². The molecule has 3 rings (SSSR count). The Balaban J connectivity index is 2.17. The number of hydrogen-bond acceptors (Lipinski definition) is 2. The number of sulfone groups is 1. The van der Waals surface area contributed by atoms with Crippen molar-refractivity contribution < 1.29 is 8.42 Å². The summed E-state index contributed by atoms with van der Waals surface area (Å²) in [5.41, 5.74) is 1.12. The summed E-state index contributed by atoms with van der Waals surface area (Å²) < 4.78 is 23.8. The molecule has 17 heavy (non-hydrogen) atoms. The summed E-state index contributed by atoms with van der Waals surface area (Å²) in [7, 11) is -3.10. The van der Waals surface area contributed by atoms with E-state index in [1.165, 1.54) is 5.57 Å². The van der Waals surface area contributed by atoms with Crippen LogP contribution in [0.15, 0.2) is 11.6 Å². The van der Waals surface area contributed by atoms with Crippen LogP contribution in [0.3, 0.4) is 0 Å². The molecule has 0 spiro atoms. The molecule has 0 amide bonds. The Morgan fingerprint density at radius 3 is 2.82 bits per heavy atom. The molecule has 0 unspecified atom stereocenters. The molecular weight excluding hydrogens is 256 g/mol. The Labute approximate surface area is 108 Å². The molecule has 1 saturated carbocycles. The average molecular weight is 275 g/mol. The molecule has 3 atom stereocenters. The Morgan fingerprint density at radius 1 is 1.35 bits per heavy atom. The summed E-state index contributed by atoms with van der Waals surface area (Å²) in [5, 5.41) is 0. The fraction of sp³-hybridized carbons (Fsp3) is 0.846. The summed E-state index contributed by atoms with van der Waals surface area (Å²) in [6, 6.07) is 0. The van der Waals surface area contributed by atoms with Crippen LogP contribution in [-0.4, -0.2) is 18.9 Å². The molecule has 1 aliphatic heterocycles. The molecule has 1 saturated heterocycles. The second-order valence-electron chi connectivity index (χ2n) is 6.20. The molecule has 2 aliphatic carbocycles. The molecule has 0 radical (unpaired) electrons. The first-order valence-corrected chi connectivity index (χ1v) is 8.58. The van der Waals surface area contributed by atoms with Gasteiger partial charge in [-0.25, -0.2) is 8.42 Å². The molecule has 2 nitrogen and oxygen atoms in total. The lowest BCUT2D eigenvalue weighted by Gasteiger charge is -2.52. The van der Waals surface area contributed by atoms with E-state index in [2.05, 4.69) is 13.0 Å². The van der Waals surface area contributed by atoms with Crippen molar-refractivity contribution in [3.8, 4) is 0 Å². The molecule has 0 aromatic heterocycles. The van der Waals surface area contributed by atoms with Gasteiger partial charge in [0.25, 0.3) is 0 Å². The SMILES string of the molecule is CC1=CC[C@@]23CCCC[C@]2(C1)[C@H](Cl)S(=O)(=O)C3. The van der Waals surface area contributed by atoms with E-state index in [1.807, 2.05) is 0 Å². The van der Waals surface area contributed by atoms with Crippen molar-refractivity contribution in [2.45, 2.75) is 50.2 Å². The Hall–Kier alpha value is -0.0200. The number of halogens is 1. The third-order valence-corrected chi connectivity index (χ3v) is 8.52. The predicted octanol–water partition coefficient (Wildman–Crippen LogP) is 3.27. The highest BCUT2D eigenvalue weighted by Crippen LogP contribution is 2.67. The van der Waals surface area contributed by atoms with Crippen LogP contribution in [0.1, 0.15) is 45.4 Å². The van der Waals surface area contributed by atoms with Crippen molar-refractivity contribution in [1.82, 2.24) is 0 Å². The summed E-state index contributed by atoms with van der Waals surface area (Å²) in [6.45, 7) is 2.11. The third-order valence-electron chi connectivity index (χ3n) is 5.25. The summed E-state index contributed by atoms with van der Waals surface area (Å²) in [6.07, 6.45) is 8.38. The molecule has 0 aromatic rings. The molecule has 3 aliphatic rings. The first-order chi connectivity index (χ1) is 7.92. The maximum atomic E-state index is 12.2. The lowest BCUT2D eigenvalue weighted by molar-refractivity contribution is 0.0229. The second kappa shape index (κ2) is 3.51. The van der Waals surface area contributed by atoms with Crippen LogP contribution >= 0.6 is 11.6 Å². The predicted molar refractivity (Wildman–Crippen MR) is 69.8 cm³/mol. The molecule has 96 valence electrons. The van der Waals surface area contributed by atoms with Gasteiger partial charge in [-0.2, -0.15) is 0 Å². The molecule has 4 heteroatoms. The van der Waals surface area contributed by atoms with E-state index in [1.54, 1.807) is 0 Å². The maximum absolute atomic E-state index is 12.2. The van der Waals surface area contributed by atoms with Gasteiger partial charge in [0.1, 0.15) is 4.71 Å². The quantitative estimate of drug-likeness (QED) is 0.502. The van der Waals surface area contributed by atoms with Gasteiger partial charge < -0.3 is 0 Å². The minimum Gasteiger partial charge on any atom is -0.227 e. The van der Waals surface area contributed by atoms with Crippen LogP contribution in [0.5, 0.6) is 0 Å². The molecule has 0 bridgehead atoms. The fourth-order valence-electron chi connectivity index (χ4n) is 4.45. The highest BCUT2D eigenvalue weighted by Gasteiger charge is 2.66. The van der Waals surface area contributed by atoms with Crippen LogP contribution in [0.2, 0.25) is 0 Å². The molecule has 1 heterocycles. The maximum Gasteiger partial charge on any atom is 0.168 e. The summed E-state index contributed by atoms with van der Waals surface area (Å²) in [5.74, 6) is 0.317. The van der Waals surface area contributed by atoms with Gasteiger partial charge in [-0.05, 0) is 38.0 Å². The molecular formula is C13H19ClO2S. The van der Waals surface area contributed by atoms with E-state index in [4.69, 9.17) is 11.6 Å². The van der Waals surface area contributed by atoms with E-state index in [-0.39, 0.29) is 10.8 Å². The van der Waals surface area contributed by atoms with Gasteiger partial charge in [-0.1, -0.05) is 24.5 Å². The Kier molecular flexibility index (Phi) is 2.48. The number of alkyl halides is 1. The van der Waals surface area contributed by atoms with E-state index >= 15 is 0 Å². The van der Waals surface area contributed by atoms with Crippen molar-refractivity contribution in [3.63, 3.8) is 0 Å². The van der Waals surface area contributed by atoms with Crippen molar-refractivity contribution in [1.29, 1.82) is 0 Å². The van der Waals surface area contributed by atoms with Crippen LogP contribution in [0.4, 0.5) is 0 Å². The van der Waals surface area contributed by atoms with Crippen LogP contribution < -0.4 is 0 Å². The molecule has 0 N–H and O–H groups in total. The minimum atomic E-state index is -3.10. The zero-order chi connectivity index (χ0) is 12.3. The molecule has 2 fully saturated rings. The first kappa shape index (κ1) is 12.0. The molecule has 0 aromatic carbocycles. The van der Waals surface area contributed by atoms with Gasteiger partial charge in [0.15, 0.2) is 9.84 Å². The lowest BCUT2D eigenvalue weighted by Crippen LogP contribution is -2.47. The smallest absolute Gasteiger partial charge is 0.168 e. The lowest BCUT2D eigenvalue weighted by atomic mass is 9.52. The van der Waals surface area contributed by atoms with Gasteiger partial charge in [-0.3, -0.25) is 0 Å². The van der Waals surface area contributed by atoms with Crippen molar-refractivity contribution in [2.75, 3.05) is 5.75 Å². The highest BCUT2D eigenvalue weighted by atomic mass is 35.5. The second-order valence-corrected chi connectivity index (χ2v) is 8.98. The van der Waals surface area contributed by atoms with E-state index in [0.29, 0.717) is 5.75 Å². The Bertz CT molecular complexity index is 482. The Morgan fingerprint density at radius 2 is 2.06 bits per heavy atom. The monoisotopic (exact) mass is 274 g/mol. The fourth-order valence-corrected chi connectivity index (χ4v) is 7.66. The standard InChI is InChI=1S/C13H19ClO2S/c1-10-4-7-12-5-2-3-6-13(12,8-10)11(14)17(15,16)9-12/h4,11H,2-3,5-9H2,1H3/t11-,12-,13+/m1/s1. The number of hydrogen-bond donors (Lipinski definition) is 0. The number of rotatable bonds is 0. The summed E-state index contributed by atoms with van der Waals surface area (Å²) >= 11 is 6.39. The van der Waals surface area contributed by atoms with Crippen LogP contribution in [0.25, 0.3) is 0 Å². The topological polar surface area (TPSA) is 34.1 Å². The average Bonchev–Trinajstić information content (AvgIpc) is 2.45. The third kappa shape index (κ3) is 1.42. The largest absolute Gasteiger partial charge is 0.227 e. The van der Waals surface area contributed by atoms with Gasteiger partial charge in [0.2, 0.25) is 0 Å². The first-order valence-electron chi connectivity index (χ1n) is 6.43. The van der Waals surface area contributed by atoms with E-state index in [9.17, 15) is 8.42 Å². The van der Waals surface area contributed by atoms with Gasteiger partial charge >= 0.3 is 0 Å². The van der Waals surface area contributed by atoms with Crippen LogP contribution in [0, 0.1) is 10.8 Å². The van der Waals surface area contributed by atoms with Crippen molar-refractivity contribution in [3.05, 3.63) is 11.6 Å². The normalized spacial score (nSPS) is 48.1. The van der Waals surface area contributed by atoms with Gasteiger partial charge in [-0.15, -0.1) is 11.6 Å². The number of allylic oxidation sites excluding steroid dienone is 2.